The molecule has 0 radical (unpaired) electrons. The van der Waals surface area contributed by atoms with E-state index in [4.69, 9.17) is 14.2 Å². The smallest absolute Gasteiger partial charge is 0.265 e. The second-order valence-corrected chi connectivity index (χ2v) is 16.2. The Balaban J connectivity index is 2.09. The van der Waals surface area contributed by atoms with Crippen LogP contribution in [0, 0.1) is 0 Å². The van der Waals surface area contributed by atoms with Gasteiger partial charge in [0.25, 0.3) is 5.91 Å². The van der Waals surface area contributed by atoms with Gasteiger partial charge in [-0.1, -0.05) is 74.4 Å². The van der Waals surface area contributed by atoms with E-state index in [-0.39, 0.29) is 57.1 Å². The molecule has 0 bridgehead atoms. The summed E-state index contributed by atoms with van der Waals surface area (Å²) in [7, 11) is -1.39. The van der Waals surface area contributed by atoms with Gasteiger partial charge in [0.1, 0.15) is 17.2 Å². The fourth-order valence-electron chi connectivity index (χ4n) is 5.88. The van der Waals surface area contributed by atoms with E-state index in [1.54, 1.807) is 13.8 Å². The molecule has 2 N–H and O–H groups in total. The molecule has 0 aliphatic heterocycles. The Morgan fingerprint density at radius 1 is 0.755 bits per heavy atom. The Hall–Kier alpha value is -4.42. The van der Waals surface area contributed by atoms with Crippen molar-refractivity contribution in [1.29, 1.82) is 0 Å². The largest absolute Gasteiger partial charge is 0.495 e. The Bertz CT molecular complexity index is 1920. The van der Waals surface area contributed by atoms with Crippen LogP contribution in [-0.2, 0) is 30.4 Å². The highest BCUT2D eigenvalue weighted by Gasteiger charge is 2.32. The van der Waals surface area contributed by atoms with Gasteiger partial charge in [-0.2, -0.15) is 4.31 Å². The van der Waals surface area contributed by atoms with E-state index in [1.807, 2.05) is 13.0 Å². The lowest BCUT2D eigenvalue weighted by Gasteiger charge is -2.31. The molecule has 12 heteroatoms. The van der Waals surface area contributed by atoms with Crippen LogP contribution in [0.1, 0.15) is 116 Å². The summed E-state index contributed by atoms with van der Waals surface area (Å²) in [6.45, 7) is 19.9. The molecule has 0 heterocycles. The zero-order chi connectivity index (χ0) is 39.9. The molecule has 3 aromatic carbocycles. The van der Waals surface area contributed by atoms with Crippen LogP contribution in [0.15, 0.2) is 53.4 Å². The molecule has 0 aliphatic carbocycles. The molecule has 0 aromatic heterocycles. The van der Waals surface area contributed by atoms with Crippen molar-refractivity contribution in [2.24, 2.45) is 0 Å². The van der Waals surface area contributed by atoms with Crippen molar-refractivity contribution in [2.45, 2.75) is 110 Å². The molecule has 11 nitrogen and oxygen atoms in total. The molecule has 3 aromatic rings. The second-order valence-electron chi connectivity index (χ2n) is 14.3. The van der Waals surface area contributed by atoms with Crippen molar-refractivity contribution < 1.29 is 37.0 Å². The summed E-state index contributed by atoms with van der Waals surface area (Å²) < 4.78 is 46.4. The van der Waals surface area contributed by atoms with Crippen LogP contribution < -0.4 is 24.8 Å². The van der Waals surface area contributed by atoms with Gasteiger partial charge < -0.3 is 24.8 Å². The van der Waals surface area contributed by atoms with Crippen LogP contribution in [0.2, 0.25) is 0 Å². The topological polar surface area (TPSA) is 140 Å². The van der Waals surface area contributed by atoms with E-state index in [2.05, 4.69) is 64.3 Å². The lowest BCUT2D eigenvalue weighted by atomic mass is 9.76. The fraction of sp³-hybridized carbons (Fsp3) is 0.488. The molecule has 0 saturated heterocycles. The van der Waals surface area contributed by atoms with Gasteiger partial charge in [0.2, 0.25) is 15.9 Å². The van der Waals surface area contributed by atoms with E-state index < -0.39 is 33.7 Å². The van der Waals surface area contributed by atoms with Crippen molar-refractivity contribution in [3.63, 3.8) is 0 Å². The normalized spacial score (nSPS) is 12.6. The lowest BCUT2D eigenvalue weighted by Crippen LogP contribution is -2.33. The van der Waals surface area contributed by atoms with Crippen molar-refractivity contribution in [3.05, 3.63) is 70.8 Å². The minimum Gasteiger partial charge on any atom is -0.495 e. The molecule has 1 atom stereocenters. The number of carbonyl (C=O) groups is 3. The van der Waals surface area contributed by atoms with Crippen LogP contribution in [0.25, 0.3) is 0 Å². The van der Waals surface area contributed by atoms with Crippen molar-refractivity contribution in [2.75, 3.05) is 37.9 Å². The SMILES string of the molecule is CCC(Oc1ccc(C(C)(C)CC)cc1C(C)(C)CC)C(=O)Nc1cc(C(=O)c2cc(OC)c(NC(C)=O)cc2S(=O)(=O)N(CC)CC)ccc1OC. The van der Waals surface area contributed by atoms with Crippen molar-refractivity contribution in [3.8, 4) is 17.2 Å². The molecule has 290 valence electrons. The predicted octanol–water partition coefficient (Wildman–Crippen LogP) is 8.10. The molecule has 0 fully saturated rings. The summed E-state index contributed by atoms with van der Waals surface area (Å²) in [6.07, 6.45) is 1.30. The maximum absolute atomic E-state index is 14.3. The number of carbonyl (C=O) groups excluding carboxylic acids is 3. The summed E-state index contributed by atoms with van der Waals surface area (Å²) in [5.74, 6) is -0.515. The summed E-state index contributed by atoms with van der Waals surface area (Å²) in [6, 6.07) is 13.2. The minimum absolute atomic E-state index is 0.0351. The van der Waals surface area contributed by atoms with E-state index in [9.17, 15) is 22.8 Å². The van der Waals surface area contributed by atoms with Gasteiger partial charge in [-0.15, -0.1) is 0 Å². The summed E-state index contributed by atoms with van der Waals surface area (Å²) >= 11 is 0. The molecule has 53 heavy (non-hydrogen) atoms. The molecular weight excluding hydrogens is 695 g/mol. The molecule has 0 saturated carbocycles. The maximum atomic E-state index is 14.3. The van der Waals surface area contributed by atoms with Crippen molar-refractivity contribution in [1.82, 2.24) is 4.31 Å². The lowest BCUT2D eigenvalue weighted by molar-refractivity contribution is -0.123. The number of anilines is 2. The third-order valence-corrected chi connectivity index (χ3v) is 12.2. The molecule has 0 spiro atoms. The Morgan fingerprint density at radius 3 is 1.87 bits per heavy atom. The van der Waals surface area contributed by atoms with Crippen molar-refractivity contribution >= 4 is 39.0 Å². The second kappa shape index (κ2) is 17.6. The quantitative estimate of drug-likeness (QED) is 0.124. The Morgan fingerprint density at radius 2 is 1.34 bits per heavy atom. The maximum Gasteiger partial charge on any atom is 0.265 e. The van der Waals surface area contributed by atoms with Gasteiger partial charge in [-0.05, 0) is 72.1 Å². The third kappa shape index (κ3) is 9.58. The number of rotatable bonds is 18. The van der Waals surface area contributed by atoms with Gasteiger partial charge in [-0.25, -0.2) is 8.42 Å². The van der Waals surface area contributed by atoms with Gasteiger partial charge in [0, 0.05) is 36.7 Å². The molecular formula is C41H57N3O8S. The number of nitrogens with one attached hydrogen (secondary N) is 2. The van der Waals surface area contributed by atoms with Crippen LogP contribution in [0.4, 0.5) is 11.4 Å². The highest BCUT2D eigenvalue weighted by Crippen LogP contribution is 2.40. The molecule has 2 amide bonds. The first-order chi connectivity index (χ1) is 24.8. The Labute approximate surface area is 315 Å². The number of methoxy groups -OCH3 is 2. The summed E-state index contributed by atoms with van der Waals surface area (Å²) in [5.41, 5.74) is 2.19. The van der Waals surface area contributed by atoms with Crippen LogP contribution in [0.5, 0.6) is 17.2 Å². The fourth-order valence-corrected chi connectivity index (χ4v) is 7.53. The van der Waals surface area contributed by atoms with E-state index >= 15 is 0 Å². The number of benzene rings is 3. The first-order valence-corrected chi connectivity index (χ1v) is 19.6. The highest BCUT2D eigenvalue weighted by atomic mass is 32.2. The standard InChI is InChI=1S/C41H57N3O8S/c1-13-33(52-34-21-19-28(40(7,8)14-2)23-30(34)41(9,10)15-3)39(47)43-31-22-27(18-20-35(31)50-11)38(46)29-24-36(51-12)32(42-26(6)45)25-37(29)53(48,49)44(16-4)17-5/h18-25,33H,13-17H2,1-12H3,(H,42,45)(H,43,47). The average Bonchev–Trinajstić information content (AvgIpc) is 3.13. The minimum atomic E-state index is -4.19. The van der Waals surface area contributed by atoms with E-state index in [0.717, 1.165) is 18.4 Å². The zero-order valence-electron chi connectivity index (χ0n) is 33.4. The molecule has 0 aliphatic rings. The van der Waals surface area contributed by atoms with Gasteiger partial charge >= 0.3 is 0 Å². The summed E-state index contributed by atoms with van der Waals surface area (Å²) in [5, 5.41) is 5.48. The first-order valence-electron chi connectivity index (χ1n) is 18.2. The van der Waals surface area contributed by atoms with E-state index in [1.165, 1.54) is 61.3 Å². The summed E-state index contributed by atoms with van der Waals surface area (Å²) in [4.78, 5) is 39.8. The molecule has 1 unspecified atom stereocenters. The third-order valence-electron chi connectivity index (χ3n) is 10.1. The van der Waals surface area contributed by atoms with Crippen LogP contribution in [0.3, 0.4) is 0 Å². The highest BCUT2D eigenvalue weighted by molar-refractivity contribution is 7.89. The van der Waals surface area contributed by atoms with Gasteiger partial charge in [0.15, 0.2) is 11.9 Å². The number of hydrogen-bond donors (Lipinski definition) is 2. The average molecular weight is 752 g/mol. The zero-order valence-corrected chi connectivity index (χ0v) is 34.2. The first kappa shape index (κ1) is 43.0. The number of sulfonamides is 1. The predicted molar refractivity (Wildman–Crippen MR) is 210 cm³/mol. The van der Waals surface area contributed by atoms with Crippen LogP contribution >= 0.6 is 0 Å². The Kier molecular flexibility index (Phi) is 14.3. The monoisotopic (exact) mass is 751 g/mol. The number of nitrogens with zero attached hydrogens (tertiary/aromatic N) is 1. The number of ether oxygens (including phenoxy) is 3. The number of ketones is 1. The van der Waals surface area contributed by atoms with Gasteiger partial charge in [0.05, 0.1) is 30.5 Å². The van der Waals surface area contributed by atoms with Gasteiger partial charge in [-0.3, -0.25) is 14.4 Å². The number of hydrogen-bond acceptors (Lipinski definition) is 8. The van der Waals surface area contributed by atoms with E-state index in [0.29, 0.717) is 17.9 Å². The molecule has 3 rings (SSSR count). The number of amides is 2. The van der Waals surface area contributed by atoms with Crippen LogP contribution in [-0.4, -0.2) is 63.7 Å².